The molecule has 1 aliphatic heterocycles. The van der Waals surface area contributed by atoms with Crippen LogP contribution in [0.4, 0.5) is 15.9 Å². The lowest BCUT2D eigenvalue weighted by Crippen LogP contribution is -2.49. The SMILES string of the molecule is O=C(CCNc1ccc(-c2ccc(F)cc2)nn1)N1CCN(c2ccccc2)CC1. The van der Waals surface area contributed by atoms with Crippen molar-refractivity contribution in [1.82, 2.24) is 15.1 Å². The van der Waals surface area contributed by atoms with Crippen LogP contribution in [0.5, 0.6) is 0 Å². The maximum atomic E-state index is 13.0. The molecule has 0 unspecified atom stereocenters. The molecule has 1 aliphatic rings. The predicted octanol–water partition coefficient (Wildman–Crippen LogP) is 3.43. The fourth-order valence-corrected chi connectivity index (χ4v) is 3.51. The Hall–Kier alpha value is -3.48. The molecule has 6 nitrogen and oxygen atoms in total. The van der Waals surface area contributed by atoms with E-state index >= 15 is 0 Å². The molecule has 0 saturated carbocycles. The summed E-state index contributed by atoms with van der Waals surface area (Å²) in [5, 5.41) is 11.5. The van der Waals surface area contributed by atoms with Crippen molar-refractivity contribution in [2.24, 2.45) is 0 Å². The zero-order valence-electron chi connectivity index (χ0n) is 16.7. The van der Waals surface area contributed by atoms with Crippen molar-refractivity contribution in [1.29, 1.82) is 0 Å². The maximum absolute atomic E-state index is 13.0. The Morgan fingerprint density at radius 3 is 2.30 bits per heavy atom. The molecule has 3 aromatic rings. The summed E-state index contributed by atoms with van der Waals surface area (Å²) in [7, 11) is 0. The van der Waals surface area contributed by atoms with E-state index in [0.717, 1.165) is 31.7 Å². The van der Waals surface area contributed by atoms with Crippen LogP contribution in [-0.2, 0) is 4.79 Å². The summed E-state index contributed by atoms with van der Waals surface area (Å²) in [5.41, 5.74) is 2.68. The molecule has 7 heteroatoms. The molecule has 0 spiro atoms. The predicted molar refractivity (Wildman–Crippen MR) is 116 cm³/mol. The molecule has 2 aromatic carbocycles. The molecular formula is C23H24FN5O. The van der Waals surface area contributed by atoms with E-state index in [4.69, 9.17) is 0 Å². The Balaban J connectivity index is 1.22. The molecule has 154 valence electrons. The first-order valence-electron chi connectivity index (χ1n) is 10.1. The summed E-state index contributed by atoms with van der Waals surface area (Å²) in [6, 6.07) is 20.1. The normalized spacial score (nSPS) is 13.9. The number of rotatable bonds is 6. The van der Waals surface area contributed by atoms with E-state index in [2.05, 4.69) is 32.5 Å². The first kappa shape index (κ1) is 19.8. The molecule has 1 N–H and O–H groups in total. The van der Waals surface area contributed by atoms with E-state index in [1.807, 2.05) is 35.2 Å². The third-order valence-electron chi connectivity index (χ3n) is 5.20. The number of anilines is 2. The Morgan fingerprint density at radius 2 is 1.63 bits per heavy atom. The second-order valence-corrected chi connectivity index (χ2v) is 7.19. The second kappa shape index (κ2) is 9.35. The van der Waals surface area contributed by atoms with Gasteiger partial charge in [0, 0.05) is 50.4 Å². The molecule has 0 aliphatic carbocycles. The van der Waals surface area contributed by atoms with Gasteiger partial charge < -0.3 is 15.1 Å². The number of para-hydroxylation sites is 1. The monoisotopic (exact) mass is 405 g/mol. The summed E-state index contributed by atoms with van der Waals surface area (Å²) >= 11 is 0. The Labute approximate surface area is 175 Å². The summed E-state index contributed by atoms with van der Waals surface area (Å²) in [4.78, 5) is 16.7. The number of nitrogens with zero attached hydrogens (tertiary/aromatic N) is 4. The smallest absolute Gasteiger partial charge is 0.224 e. The van der Waals surface area contributed by atoms with Gasteiger partial charge in [-0.25, -0.2) is 4.39 Å². The first-order chi connectivity index (χ1) is 14.7. The van der Waals surface area contributed by atoms with Gasteiger partial charge in [-0.05, 0) is 48.5 Å². The molecule has 30 heavy (non-hydrogen) atoms. The van der Waals surface area contributed by atoms with Crippen molar-refractivity contribution in [3.05, 3.63) is 72.5 Å². The third-order valence-corrected chi connectivity index (χ3v) is 5.20. The molecule has 4 rings (SSSR count). The number of piperazine rings is 1. The number of halogens is 1. The van der Waals surface area contributed by atoms with Crippen LogP contribution < -0.4 is 10.2 Å². The van der Waals surface area contributed by atoms with Gasteiger partial charge in [-0.15, -0.1) is 10.2 Å². The van der Waals surface area contributed by atoms with Gasteiger partial charge in [0.25, 0.3) is 0 Å². The van der Waals surface area contributed by atoms with Crippen molar-refractivity contribution >= 4 is 17.4 Å². The zero-order chi connectivity index (χ0) is 20.8. The van der Waals surface area contributed by atoms with Crippen LogP contribution in [-0.4, -0.2) is 53.7 Å². The largest absolute Gasteiger partial charge is 0.368 e. The van der Waals surface area contributed by atoms with E-state index in [1.54, 1.807) is 12.1 Å². The quantitative estimate of drug-likeness (QED) is 0.681. The number of carbonyl (C=O) groups excluding carboxylic acids is 1. The molecule has 1 aromatic heterocycles. The molecule has 0 atom stereocenters. The molecule has 1 fully saturated rings. The second-order valence-electron chi connectivity index (χ2n) is 7.19. The van der Waals surface area contributed by atoms with Crippen LogP contribution in [0, 0.1) is 5.82 Å². The van der Waals surface area contributed by atoms with Gasteiger partial charge >= 0.3 is 0 Å². The van der Waals surface area contributed by atoms with E-state index in [-0.39, 0.29) is 11.7 Å². The van der Waals surface area contributed by atoms with Crippen molar-refractivity contribution in [3.63, 3.8) is 0 Å². The molecule has 1 saturated heterocycles. The number of benzene rings is 2. The highest BCUT2D eigenvalue weighted by atomic mass is 19.1. The number of nitrogens with one attached hydrogen (secondary N) is 1. The van der Waals surface area contributed by atoms with Crippen LogP contribution >= 0.6 is 0 Å². The molecule has 1 amide bonds. The van der Waals surface area contributed by atoms with Crippen molar-refractivity contribution in [3.8, 4) is 11.3 Å². The van der Waals surface area contributed by atoms with Crippen molar-refractivity contribution < 1.29 is 9.18 Å². The fraction of sp³-hybridized carbons (Fsp3) is 0.261. The topological polar surface area (TPSA) is 61.4 Å². The summed E-state index contributed by atoms with van der Waals surface area (Å²) < 4.78 is 13.0. The highest BCUT2D eigenvalue weighted by Gasteiger charge is 2.20. The minimum atomic E-state index is -0.281. The average molecular weight is 405 g/mol. The minimum absolute atomic E-state index is 0.145. The van der Waals surface area contributed by atoms with Gasteiger partial charge in [-0.1, -0.05) is 18.2 Å². The van der Waals surface area contributed by atoms with Crippen LogP contribution in [0.25, 0.3) is 11.3 Å². The molecule has 0 radical (unpaired) electrons. The van der Waals surface area contributed by atoms with Crippen LogP contribution in [0.1, 0.15) is 6.42 Å². The highest BCUT2D eigenvalue weighted by molar-refractivity contribution is 5.77. The minimum Gasteiger partial charge on any atom is -0.368 e. The summed E-state index contributed by atoms with van der Waals surface area (Å²) in [6.45, 7) is 3.67. The van der Waals surface area contributed by atoms with Crippen LogP contribution in [0.2, 0.25) is 0 Å². The number of aromatic nitrogens is 2. The number of carbonyl (C=O) groups is 1. The molecular weight excluding hydrogens is 381 g/mol. The van der Waals surface area contributed by atoms with Crippen LogP contribution in [0.15, 0.2) is 66.7 Å². The van der Waals surface area contributed by atoms with Crippen LogP contribution in [0.3, 0.4) is 0 Å². The Bertz CT molecular complexity index is 955. The Kier molecular flexibility index (Phi) is 6.17. The van der Waals surface area contributed by atoms with Gasteiger partial charge in [-0.3, -0.25) is 4.79 Å². The number of hydrogen-bond acceptors (Lipinski definition) is 5. The van der Waals surface area contributed by atoms with Gasteiger partial charge in [0.15, 0.2) is 0 Å². The van der Waals surface area contributed by atoms with E-state index in [0.29, 0.717) is 24.5 Å². The molecule has 0 bridgehead atoms. The van der Waals surface area contributed by atoms with Crippen molar-refractivity contribution in [2.75, 3.05) is 42.9 Å². The third kappa shape index (κ3) is 4.92. The number of amides is 1. The van der Waals surface area contributed by atoms with Crippen molar-refractivity contribution in [2.45, 2.75) is 6.42 Å². The zero-order valence-corrected chi connectivity index (χ0v) is 16.7. The highest BCUT2D eigenvalue weighted by Crippen LogP contribution is 2.18. The lowest BCUT2D eigenvalue weighted by atomic mass is 10.1. The Morgan fingerprint density at radius 1 is 0.900 bits per heavy atom. The van der Waals surface area contributed by atoms with Gasteiger partial charge in [0.2, 0.25) is 5.91 Å². The summed E-state index contributed by atoms with van der Waals surface area (Å²) in [6.07, 6.45) is 0.409. The lowest BCUT2D eigenvalue weighted by molar-refractivity contribution is -0.131. The standard InChI is InChI=1S/C23H24FN5O/c24-19-8-6-18(7-9-19)21-10-11-22(27-26-21)25-13-12-23(30)29-16-14-28(15-17-29)20-4-2-1-3-5-20/h1-11H,12-17H2,(H,25,27). The number of hydrogen-bond donors (Lipinski definition) is 1. The van der Waals surface area contributed by atoms with E-state index in [1.165, 1.54) is 17.8 Å². The first-order valence-corrected chi connectivity index (χ1v) is 10.1. The maximum Gasteiger partial charge on any atom is 0.224 e. The van der Waals surface area contributed by atoms with E-state index in [9.17, 15) is 9.18 Å². The molecule has 2 heterocycles. The van der Waals surface area contributed by atoms with Gasteiger partial charge in [-0.2, -0.15) is 0 Å². The lowest BCUT2D eigenvalue weighted by Gasteiger charge is -2.36. The van der Waals surface area contributed by atoms with Gasteiger partial charge in [0.1, 0.15) is 11.6 Å². The summed E-state index contributed by atoms with van der Waals surface area (Å²) in [5.74, 6) is 0.477. The average Bonchev–Trinajstić information content (AvgIpc) is 2.81. The van der Waals surface area contributed by atoms with E-state index < -0.39 is 0 Å². The fourth-order valence-electron chi connectivity index (χ4n) is 3.51. The van der Waals surface area contributed by atoms with Gasteiger partial charge in [0.05, 0.1) is 5.69 Å².